The van der Waals surface area contributed by atoms with Gasteiger partial charge in [0, 0.05) is 17.5 Å². The van der Waals surface area contributed by atoms with E-state index in [4.69, 9.17) is 0 Å². The lowest BCUT2D eigenvalue weighted by atomic mass is 9.84. The first kappa shape index (κ1) is 19.2. The van der Waals surface area contributed by atoms with Crippen molar-refractivity contribution in [3.05, 3.63) is 34.5 Å². The number of amides is 3. The maximum absolute atomic E-state index is 12.2. The Morgan fingerprint density at radius 2 is 2.00 bits per heavy atom. The molecule has 1 aromatic heterocycles. The first-order chi connectivity index (χ1) is 12.0. The van der Waals surface area contributed by atoms with Crippen molar-refractivity contribution < 1.29 is 14.4 Å². The zero-order chi connectivity index (χ0) is 18.2. The van der Waals surface area contributed by atoms with Crippen LogP contribution >= 0.6 is 11.3 Å². The van der Waals surface area contributed by atoms with Crippen molar-refractivity contribution in [3.8, 4) is 0 Å². The molecule has 3 amide bonds. The van der Waals surface area contributed by atoms with E-state index in [0.717, 1.165) is 30.6 Å². The van der Waals surface area contributed by atoms with E-state index in [1.54, 1.807) is 6.07 Å². The van der Waals surface area contributed by atoms with E-state index in [0.29, 0.717) is 11.4 Å². The summed E-state index contributed by atoms with van der Waals surface area (Å²) in [4.78, 5) is 37.2. The van der Waals surface area contributed by atoms with E-state index in [9.17, 15) is 14.4 Å². The van der Waals surface area contributed by atoms with Crippen LogP contribution in [-0.4, -0.2) is 36.9 Å². The van der Waals surface area contributed by atoms with Gasteiger partial charge in [-0.25, -0.2) is 0 Å². The highest BCUT2D eigenvalue weighted by atomic mass is 32.1. The first-order valence-electron chi connectivity index (χ1n) is 8.54. The molecule has 0 aromatic carbocycles. The minimum absolute atomic E-state index is 0.0206. The van der Waals surface area contributed by atoms with Crippen molar-refractivity contribution in [3.63, 3.8) is 0 Å². The number of hydrogen-bond acceptors (Lipinski definition) is 4. The van der Waals surface area contributed by atoms with Gasteiger partial charge in [0.25, 0.3) is 5.91 Å². The largest absolute Gasteiger partial charge is 0.352 e. The molecular formula is C18H25N3O3S. The van der Waals surface area contributed by atoms with Gasteiger partial charge in [-0.3, -0.25) is 14.4 Å². The van der Waals surface area contributed by atoms with Gasteiger partial charge in [0.05, 0.1) is 11.4 Å². The van der Waals surface area contributed by atoms with Crippen molar-refractivity contribution in [1.82, 2.24) is 16.0 Å². The van der Waals surface area contributed by atoms with E-state index < -0.39 is 0 Å². The van der Waals surface area contributed by atoms with Gasteiger partial charge in [0.2, 0.25) is 11.8 Å². The Morgan fingerprint density at radius 3 is 2.68 bits per heavy atom. The molecule has 0 radical (unpaired) electrons. The molecule has 1 aliphatic rings. The maximum atomic E-state index is 12.2. The second-order valence-corrected chi connectivity index (χ2v) is 7.55. The molecule has 0 aliphatic heterocycles. The van der Waals surface area contributed by atoms with Crippen LogP contribution in [0.1, 0.15) is 40.2 Å². The normalized spacial score (nSPS) is 19.7. The SMILES string of the molecule is C=CC(=O)NCC1CCCCC1NC(=O)CNC(=O)c1ccc(C)s1. The molecular weight excluding hydrogens is 338 g/mol. The highest BCUT2D eigenvalue weighted by molar-refractivity contribution is 7.13. The molecule has 136 valence electrons. The van der Waals surface area contributed by atoms with Crippen LogP contribution in [0.5, 0.6) is 0 Å². The highest BCUT2D eigenvalue weighted by Gasteiger charge is 2.26. The summed E-state index contributed by atoms with van der Waals surface area (Å²) in [6.45, 7) is 5.85. The van der Waals surface area contributed by atoms with Crippen LogP contribution in [0.3, 0.4) is 0 Å². The summed E-state index contributed by atoms with van der Waals surface area (Å²) in [5, 5.41) is 8.45. The monoisotopic (exact) mass is 363 g/mol. The molecule has 1 heterocycles. The van der Waals surface area contributed by atoms with Crippen LogP contribution in [0.25, 0.3) is 0 Å². The number of hydrogen-bond donors (Lipinski definition) is 3. The molecule has 2 atom stereocenters. The van der Waals surface area contributed by atoms with E-state index in [1.165, 1.54) is 17.4 Å². The minimum atomic E-state index is -0.230. The van der Waals surface area contributed by atoms with Crippen molar-refractivity contribution in [2.45, 2.75) is 38.6 Å². The van der Waals surface area contributed by atoms with E-state index in [1.807, 2.05) is 13.0 Å². The summed E-state index contributed by atoms with van der Waals surface area (Å²) in [6, 6.07) is 3.66. The summed E-state index contributed by atoms with van der Waals surface area (Å²) >= 11 is 1.40. The third-order valence-corrected chi connectivity index (χ3v) is 5.35. The van der Waals surface area contributed by atoms with Gasteiger partial charge >= 0.3 is 0 Å². The Kier molecular flexibility index (Phi) is 7.18. The molecule has 1 fully saturated rings. The number of rotatable bonds is 7. The Morgan fingerprint density at radius 1 is 1.24 bits per heavy atom. The van der Waals surface area contributed by atoms with Gasteiger partial charge in [-0.1, -0.05) is 19.4 Å². The second kappa shape index (κ2) is 9.36. The van der Waals surface area contributed by atoms with Crippen molar-refractivity contribution >= 4 is 29.1 Å². The predicted octanol–water partition coefficient (Wildman–Crippen LogP) is 1.76. The van der Waals surface area contributed by atoms with Gasteiger partial charge < -0.3 is 16.0 Å². The summed E-state index contributed by atoms with van der Waals surface area (Å²) < 4.78 is 0. The van der Waals surface area contributed by atoms with Crippen LogP contribution in [-0.2, 0) is 9.59 Å². The number of carbonyl (C=O) groups is 3. The van der Waals surface area contributed by atoms with E-state index >= 15 is 0 Å². The van der Waals surface area contributed by atoms with Crippen LogP contribution in [0, 0.1) is 12.8 Å². The Balaban J connectivity index is 1.79. The molecule has 6 nitrogen and oxygen atoms in total. The van der Waals surface area contributed by atoms with Crippen molar-refractivity contribution in [1.29, 1.82) is 0 Å². The number of aryl methyl sites for hydroxylation is 1. The number of carbonyl (C=O) groups excluding carboxylic acids is 3. The van der Waals surface area contributed by atoms with Crippen molar-refractivity contribution in [2.75, 3.05) is 13.1 Å². The first-order valence-corrected chi connectivity index (χ1v) is 9.35. The second-order valence-electron chi connectivity index (χ2n) is 6.26. The topological polar surface area (TPSA) is 87.3 Å². The van der Waals surface area contributed by atoms with Crippen LogP contribution in [0.2, 0.25) is 0 Å². The molecule has 0 saturated heterocycles. The fourth-order valence-electron chi connectivity index (χ4n) is 3.01. The smallest absolute Gasteiger partial charge is 0.261 e. The fourth-order valence-corrected chi connectivity index (χ4v) is 3.79. The molecule has 0 bridgehead atoms. The number of thiophene rings is 1. The molecule has 7 heteroatoms. The summed E-state index contributed by atoms with van der Waals surface area (Å²) in [5.74, 6) is -0.424. The Labute approximate surface area is 152 Å². The fraction of sp³-hybridized carbons (Fsp3) is 0.500. The van der Waals surface area contributed by atoms with Crippen molar-refractivity contribution in [2.24, 2.45) is 5.92 Å². The lowest BCUT2D eigenvalue weighted by Gasteiger charge is -2.32. The van der Waals surface area contributed by atoms with E-state index in [-0.39, 0.29) is 36.2 Å². The predicted molar refractivity (Wildman–Crippen MR) is 98.5 cm³/mol. The van der Waals surface area contributed by atoms with Crippen LogP contribution < -0.4 is 16.0 Å². The Bertz CT molecular complexity index is 641. The quantitative estimate of drug-likeness (QED) is 0.645. The molecule has 3 N–H and O–H groups in total. The maximum Gasteiger partial charge on any atom is 0.261 e. The zero-order valence-electron chi connectivity index (χ0n) is 14.5. The zero-order valence-corrected chi connectivity index (χ0v) is 15.3. The molecule has 2 unspecified atom stereocenters. The summed E-state index contributed by atoms with van der Waals surface area (Å²) in [6.07, 6.45) is 5.24. The molecule has 25 heavy (non-hydrogen) atoms. The Hall–Kier alpha value is -2.15. The molecule has 2 rings (SSSR count). The molecule has 0 spiro atoms. The minimum Gasteiger partial charge on any atom is -0.352 e. The van der Waals surface area contributed by atoms with Gasteiger partial charge in [-0.2, -0.15) is 0 Å². The summed E-state index contributed by atoms with van der Waals surface area (Å²) in [7, 11) is 0. The lowest BCUT2D eigenvalue weighted by Crippen LogP contribution is -2.48. The van der Waals surface area contributed by atoms with Gasteiger partial charge in [-0.15, -0.1) is 11.3 Å². The van der Waals surface area contributed by atoms with E-state index in [2.05, 4.69) is 22.5 Å². The molecule has 1 aliphatic carbocycles. The standard InChI is InChI=1S/C18H25N3O3S/c1-3-16(22)19-10-13-6-4-5-7-14(13)21-17(23)11-20-18(24)15-9-8-12(2)25-15/h3,8-9,13-14H,1,4-7,10-11H2,2H3,(H,19,22)(H,20,24)(H,21,23). The van der Waals surface area contributed by atoms with Gasteiger partial charge in [-0.05, 0) is 43.9 Å². The highest BCUT2D eigenvalue weighted by Crippen LogP contribution is 2.24. The average molecular weight is 363 g/mol. The molecule has 1 saturated carbocycles. The third-order valence-electron chi connectivity index (χ3n) is 4.35. The van der Waals surface area contributed by atoms with Crippen LogP contribution in [0.4, 0.5) is 0 Å². The van der Waals surface area contributed by atoms with Gasteiger partial charge in [0.1, 0.15) is 0 Å². The summed E-state index contributed by atoms with van der Waals surface area (Å²) in [5.41, 5.74) is 0. The van der Waals surface area contributed by atoms with Crippen LogP contribution in [0.15, 0.2) is 24.8 Å². The third kappa shape index (κ3) is 6.01. The molecule has 1 aromatic rings. The average Bonchev–Trinajstić information content (AvgIpc) is 3.05. The lowest BCUT2D eigenvalue weighted by molar-refractivity contribution is -0.121. The van der Waals surface area contributed by atoms with Gasteiger partial charge in [0.15, 0.2) is 0 Å². The number of nitrogens with one attached hydrogen (secondary N) is 3.